The molecular weight excluding hydrogens is 262 g/mol. The SMILES string of the molecule is Cc1nnc(CN2CCN(c3cnsn3)CC2)n1C. The van der Waals surface area contributed by atoms with Gasteiger partial charge < -0.3 is 9.47 Å². The third-order valence-electron chi connectivity index (χ3n) is 3.59. The van der Waals surface area contributed by atoms with Gasteiger partial charge in [0.15, 0.2) is 5.82 Å². The van der Waals surface area contributed by atoms with Crippen LogP contribution in [0.1, 0.15) is 11.6 Å². The largest absolute Gasteiger partial charge is 0.352 e. The van der Waals surface area contributed by atoms with E-state index in [0.29, 0.717) is 0 Å². The Morgan fingerprint density at radius 1 is 1.21 bits per heavy atom. The first-order valence-corrected chi connectivity index (χ1v) is 7.07. The Hall–Kier alpha value is -1.54. The van der Waals surface area contributed by atoms with Crippen LogP contribution in [0.25, 0.3) is 0 Å². The number of nitrogens with zero attached hydrogens (tertiary/aromatic N) is 7. The molecule has 0 radical (unpaired) electrons. The van der Waals surface area contributed by atoms with Gasteiger partial charge >= 0.3 is 0 Å². The van der Waals surface area contributed by atoms with Crippen molar-refractivity contribution in [2.24, 2.45) is 7.05 Å². The Balaban J connectivity index is 1.57. The summed E-state index contributed by atoms with van der Waals surface area (Å²) in [5.74, 6) is 2.99. The van der Waals surface area contributed by atoms with Gasteiger partial charge in [-0.2, -0.15) is 8.75 Å². The highest BCUT2D eigenvalue weighted by Crippen LogP contribution is 2.14. The molecule has 3 heterocycles. The van der Waals surface area contributed by atoms with Gasteiger partial charge in [0.05, 0.1) is 24.5 Å². The molecule has 7 nitrogen and oxygen atoms in total. The van der Waals surface area contributed by atoms with Crippen molar-refractivity contribution in [2.75, 3.05) is 31.1 Å². The summed E-state index contributed by atoms with van der Waals surface area (Å²) < 4.78 is 10.4. The quantitative estimate of drug-likeness (QED) is 0.805. The van der Waals surface area contributed by atoms with Crippen molar-refractivity contribution in [3.05, 3.63) is 17.8 Å². The second-order valence-electron chi connectivity index (χ2n) is 4.75. The Labute approximate surface area is 116 Å². The second kappa shape index (κ2) is 5.22. The minimum Gasteiger partial charge on any atom is -0.352 e. The van der Waals surface area contributed by atoms with E-state index in [2.05, 4.69) is 33.3 Å². The Morgan fingerprint density at radius 2 is 2.00 bits per heavy atom. The average molecular weight is 279 g/mol. The maximum Gasteiger partial charge on any atom is 0.162 e. The summed E-state index contributed by atoms with van der Waals surface area (Å²) in [6.45, 7) is 6.85. The molecule has 0 spiro atoms. The molecule has 0 N–H and O–H groups in total. The molecule has 102 valence electrons. The topological polar surface area (TPSA) is 63.0 Å². The van der Waals surface area contributed by atoms with Gasteiger partial charge in [0.25, 0.3) is 0 Å². The van der Waals surface area contributed by atoms with E-state index in [1.807, 2.05) is 20.2 Å². The molecule has 1 aliphatic rings. The van der Waals surface area contributed by atoms with Gasteiger partial charge in [0.2, 0.25) is 0 Å². The van der Waals surface area contributed by atoms with Gasteiger partial charge in [0, 0.05) is 33.2 Å². The Morgan fingerprint density at radius 3 is 2.58 bits per heavy atom. The first kappa shape index (κ1) is 12.5. The summed E-state index contributed by atoms with van der Waals surface area (Å²) in [5, 5.41) is 8.31. The fourth-order valence-corrected chi connectivity index (χ4v) is 2.66. The van der Waals surface area contributed by atoms with Crippen LogP contribution in [0.15, 0.2) is 6.20 Å². The molecule has 0 amide bonds. The molecule has 3 rings (SSSR count). The van der Waals surface area contributed by atoms with E-state index in [9.17, 15) is 0 Å². The molecule has 1 aliphatic heterocycles. The van der Waals surface area contributed by atoms with Gasteiger partial charge in [-0.15, -0.1) is 10.2 Å². The van der Waals surface area contributed by atoms with Crippen LogP contribution in [0, 0.1) is 6.92 Å². The van der Waals surface area contributed by atoms with Crippen molar-refractivity contribution in [3.63, 3.8) is 0 Å². The molecule has 0 aliphatic carbocycles. The van der Waals surface area contributed by atoms with Crippen molar-refractivity contribution in [1.82, 2.24) is 28.4 Å². The molecule has 1 saturated heterocycles. The molecular formula is C11H17N7S. The normalized spacial score (nSPS) is 17.1. The molecule has 1 fully saturated rings. The van der Waals surface area contributed by atoms with Crippen molar-refractivity contribution < 1.29 is 0 Å². The van der Waals surface area contributed by atoms with Gasteiger partial charge in [-0.25, -0.2) is 0 Å². The standard InChI is InChI=1S/C11H17N7S/c1-9-13-14-11(16(9)2)8-17-3-5-18(6-4-17)10-7-12-19-15-10/h7H,3-6,8H2,1-2H3. The molecule has 0 saturated carbocycles. The molecule has 8 heteroatoms. The number of anilines is 1. The molecule has 0 unspecified atom stereocenters. The van der Waals surface area contributed by atoms with Gasteiger partial charge in [-0.05, 0) is 6.92 Å². The monoisotopic (exact) mass is 279 g/mol. The molecule has 2 aromatic heterocycles. The van der Waals surface area contributed by atoms with Gasteiger partial charge in [-0.3, -0.25) is 4.90 Å². The highest BCUT2D eigenvalue weighted by molar-refractivity contribution is 6.99. The number of rotatable bonds is 3. The predicted molar refractivity (Wildman–Crippen MR) is 73.1 cm³/mol. The van der Waals surface area contributed by atoms with Crippen LogP contribution in [0.4, 0.5) is 5.82 Å². The zero-order chi connectivity index (χ0) is 13.2. The lowest BCUT2D eigenvalue weighted by Crippen LogP contribution is -2.46. The minimum absolute atomic E-state index is 0.862. The molecule has 0 atom stereocenters. The van der Waals surface area contributed by atoms with E-state index in [-0.39, 0.29) is 0 Å². The summed E-state index contributed by atoms with van der Waals surface area (Å²) in [6.07, 6.45) is 1.84. The van der Waals surface area contributed by atoms with Crippen LogP contribution >= 0.6 is 11.7 Å². The van der Waals surface area contributed by atoms with Crippen molar-refractivity contribution >= 4 is 17.5 Å². The van der Waals surface area contributed by atoms with E-state index in [4.69, 9.17) is 0 Å². The highest BCUT2D eigenvalue weighted by atomic mass is 32.1. The van der Waals surface area contributed by atoms with E-state index < -0.39 is 0 Å². The van der Waals surface area contributed by atoms with Crippen LogP contribution in [0.2, 0.25) is 0 Å². The number of hydrogen-bond donors (Lipinski definition) is 0. The van der Waals surface area contributed by atoms with E-state index in [1.165, 1.54) is 11.7 Å². The molecule has 0 bridgehead atoms. The highest BCUT2D eigenvalue weighted by Gasteiger charge is 2.20. The zero-order valence-corrected chi connectivity index (χ0v) is 12.0. The average Bonchev–Trinajstić information content (AvgIpc) is 3.06. The summed E-state index contributed by atoms with van der Waals surface area (Å²) in [7, 11) is 2.02. The fraction of sp³-hybridized carbons (Fsp3) is 0.636. The van der Waals surface area contributed by atoms with E-state index in [1.54, 1.807) is 0 Å². The Kier molecular flexibility index (Phi) is 3.43. The van der Waals surface area contributed by atoms with Crippen LogP contribution in [0.3, 0.4) is 0 Å². The van der Waals surface area contributed by atoms with Crippen LogP contribution < -0.4 is 4.90 Å². The first-order valence-electron chi connectivity index (χ1n) is 6.34. The van der Waals surface area contributed by atoms with Crippen LogP contribution in [0.5, 0.6) is 0 Å². The van der Waals surface area contributed by atoms with Crippen LogP contribution in [-0.4, -0.2) is 54.6 Å². The van der Waals surface area contributed by atoms with Crippen molar-refractivity contribution in [1.29, 1.82) is 0 Å². The summed E-state index contributed by atoms with van der Waals surface area (Å²) in [6, 6.07) is 0. The summed E-state index contributed by atoms with van der Waals surface area (Å²) >= 11 is 1.26. The zero-order valence-electron chi connectivity index (χ0n) is 11.2. The smallest absolute Gasteiger partial charge is 0.162 e. The van der Waals surface area contributed by atoms with Gasteiger partial charge in [0.1, 0.15) is 11.6 Å². The lowest BCUT2D eigenvalue weighted by Gasteiger charge is -2.34. The second-order valence-corrected chi connectivity index (χ2v) is 5.31. The lowest BCUT2D eigenvalue weighted by atomic mass is 10.3. The predicted octanol–water partition coefficient (Wildman–Crippen LogP) is 0.297. The Bertz CT molecular complexity index is 527. The molecule has 19 heavy (non-hydrogen) atoms. The lowest BCUT2D eigenvalue weighted by molar-refractivity contribution is 0.241. The molecule has 2 aromatic rings. The number of piperazine rings is 1. The van der Waals surface area contributed by atoms with Crippen LogP contribution in [-0.2, 0) is 13.6 Å². The van der Waals surface area contributed by atoms with Crippen molar-refractivity contribution in [3.8, 4) is 0 Å². The fourth-order valence-electron chi connectivity index (χ4n) is 2.22. The maximum absolute atomic E-state index is 4.28. The first-order chi connectivity index (χ1) is 9.24. The van der Waals surface area contributed by atoms with Crippen molar-refractivity contribution in [2.45, 2.75) is 13.5 Å². The number of aromatic nitrogens is 5. The number of aryl methyl sites for hydroxylation is 1. The third kappa shape index (κ3) is 2.59. The van der Waals surface area contributed by atoms with Gasteiger partial charge in [-0.1, -0.05) is 0 Å². The minimum atomic E-state index is 0.862. The number of hydrogen-bond acceptors (Lipinski definition) is 7. The van der Waals surface area contributed by atoms with E-state index >= 15 is 0 Å². The summed E-state index contributed by atoms with van der Waals surface area (Å²) in [4.78, 5) is 4.68. The maximum atomic E-state index is 4.28. The van der Waals surface area contributed by atoms with E-state index in [0.717, 1.165) is 50.2 Å². The molecule has 0 aromatic carbocycles. The third-order valence-corrected chi connectivity index (χ3v) is 4.06. The summed E-state index contributed by atoms with van der Waals surface area (Å²) in [5.41, 5.74) is 0.